The predicted octanol–water partition coefficient (Wildman–Crippen LogP) is 2.64. The van der Waals surface area contributed by atoms with Gasteiger partial charge in [0.25, 0.3) is 0 Å². The van der Waals surface area contributed by atoms with Crippen LogP contribution >= 0.6 is 0 Å². The predicted molar refractivity (Wildman–Crippen MR) is 69.7 cm³/mol. The van der Waals surface area contributed by atoms with Crippen molar-refractivity contribution in [3.63, 3.8) is 0 Å². The van der Waals surface area contributed by atoms with Crippen molar-refractivity contribution >= 4 is 0 Å². The summed E-state index contributed by atoms with van der Waals surface area (Å²) in [5.74, 6) is 0. The molecule has 2 rings (SSSR count). The van der Waals surface area contributed by atoms with Gasteiger partial charge >= 0.3 is 0 Å². The van der Waals surface area contributed by atoms with E-state index in [1.54, 1.807) is 0 Å². The molecule has 2 heteroatoms. The average Bonchev–Trinajstić information content (AvgIpc) is 2.91. The lowest BCUT2D eigenvalue weighted by Crippen LogP contribution is -2.46. The molecule has 1 aliphatic heterocycles. The number of nitrogens with zero attached hydrogens (tertiary/aromatic N) is 1. The summed E-state index contributed by atoms with van der Waals surface area (Å²) in [4.78, 5) is 2.68. The van der Waals surface area contributed by atoms with Crippen LogP contribution in [-0.2, 0) is 0 Å². The van der Waals surface area contributed by atoms with Gasteiger partial charge in [-0.25, -0.2) is 0 Å². The fourth-order valence-electron chi connectivity index (χ4n) is 2.74. The standard InChI is InChI=1S/C14H28N2/c1-13(2,10-15-12-6-7-12)11-16-9-5-8-14(16,3)4/h12,15H,5-11H2,1-4H3. The summed E-state index contributed by atoms with van der Waals surface area (Å²) >= 11 is 0. The molecule has 1 saturated carbocycles. The largest absolute Gasteiger partial charge is 0.313 e. The molecular formula is C14H28N2. The minimum Gasteiger partial charge on any atom is -0.313 e. The van der Waals surface area contributed by atoms with Crippen LogP contribution in [0.25, 0.3) is 0 Å². The number of nitrogens with one attached hydrogen (secondary N) is 1. The van der Waals surface area contributed by atoms with Crippen molar-refractivity contribution in [2.75, 3.05) is 19.6 Å². The molecule has 0 atom stereocenters. The molecule has 2 fully saturated rings. The number of rotatable bonds is 5. The van der Waals surface area contributed by atoms with Crippen molar-refractivity contribution in [3.8, 4) is 0 Å². The highest BCUT2D eigenvalue weighted by Gasteiger charge is 2.35. The van der Waals surface area contributed by atoms with Gasteiger partial charge in [0.15, 0.2) is 0 Å². The van der Waals surface area contributed by atoms with Crippen molar-refractivity contribution in [2.45, 2.75) is 65.0 Å². The molecule has 2 aliphatic rings. The minimum atomic E-state index is 0.407. The van der Waals surface area contributed by atoms with Gasteiger partial charge in [-0.3, -0.25) is 4.90 Å². The molecule has 0 unspecified atom stereocenters. The summed E-state index contributed by atoms with van der Waals surface area (Å²) < 4.78 is 0. The van der Waals surface area contributed by atoms with Crippen LogP contribution in [0.1, 0.15) is 53.4 Å². The molecule has 0 aromatic rings. The van der Waals surface area contributed by atoms with Crippen LogP contribution in [0.5, 0.6) is 0 Å². The van der Waals surface area contributed by atoms with Crippen molar-refractivity contribution in [1.29, 1.82) is 0 Å². The third-order valence-corrected chi connectivity index (χ3v) is 4.14. The second-order valence-corrected chi connectivity index (χ2v) is 7.16. The zero-order chi connectivity index (χ0) is 11.8. The quantitative estimate of drug-likeness (QED) is 0.772. The molecule has 0 bridgehead atoms. The van der Waals surface area contributed by atoms with Crippen LogP contribution < -0.4 is 5.32 Å². The first kappa shape index (κ1) is 12.4. The molecule has 0 amide bonds. The minimum absolute atomic E-state index is 0.407. The zero-order valence-electron chi connectivity index (χ0n) is 11.5. The average molecular weight is 224 g/mol. The fourth-order valence-corrected chi connectivity index (χ4v) is 2.74. The van der Waals surface area contributed by atoms with Crippen LogP contribution in [0.15, 0.2) is 0 Å². The molecule has 0 aromatic heterocycles. The molecule has 0 aromatic carbocycles. The Morgan fingerprint density at radius 1 is 1.31 bits per heavy atom. The van der Waals surface area contributed by atoms with Crippen LogP contribution in [0.3, 0.4) is 0 Å². The molecule has 1 aliphatic carbocycles. The van der Waals surface area contributed by atoms with Crippen LogP contribution in [0, 0.1) is 5.41 Å². The highest BCUT2D eigenvalue weighted by Crippen LogP contribution is 2.32. The maximum atomic E-state index is 3.67. The van der Waals surface area contributed by atoms with Crippen molar-refractivity contribution < 1.29 is 0 Å². The van der Waals surface area contributed by atoms with Gasteiger partial charge in [0.1, 0.15) is 0 Å². The lowest BCUT2D eigenvalue weighted by atomic mass is 9.90. The van der Waals surface area contributed by atoms with Gasteiger partial charge in [0, 0.05) is 24.7 Å². The lowest BCUT2D eigenvalue weighted by Gasteiger charge is -2.38. The zero-order valence-corrected chi connectivity index (χ0v) is 11.5. The number of hydrogen-bond acceptors (Lipinski definition) is 2. The van der Waals surface area contributed by atoms with Gasteiger partial charge in [-0.15, -0.1) is 0 Å². The molecule has 94 valence electrons. The van der Waals surface area contributed by atoms with Gasteiger partial charge < -0.3 is 5.32 Å². The second kappa shape index (κ2) is 4.30. The van der Waals surface area contributed by atoms with Crippen molar-refractivity contribution in [1.82, 2.24) is 10.2 Å². The van der Waals surface area contributed by atoms with E-state index in [9.17, 15) is 0 Å². The Balaban J connectivity index is 1.81. The smallest absolute Gasteiger partial charge is 0.0153 e. The third-order valence-electron chi connectivity index (χ3n) is 4.14. The van der Waals surface area contributed by atoms with Crippen molar-refractivity contribution in [3.05, 3.63) is 0 Å². The van der Waals surface area contributed by atoms with Gasteiger partial charge in [-0.2, -0.15) is 0 Å². The summed E-state index contributed by atoms with van der Waals surface area (Å²) in [6.07, 6.45) is 5.52. The summed E-state index contributed by atoms with van der Waals surface area (Å²) in [6.45, 7) is 13.3. The molecule has 16 heavy (non-hydrogen) atoms. The van der Waals surface area contributed by atoms with E-state index in [1.807, 2.05) is 0 Å². The van der Waals surface area contributed by atoms with Gasteiger partial charge in [-0.1, -0.05) is 13.8 Å². The topological polar surface area (TPSA) is 15.3 Å². The first-order chi connectivity index (χ1) is 7.39. The Morgan fingerprint density at radius 3 is 2.50 bits per heavy atom. The van der Waals surface area contributed by atoms with E-state index in [0.717, 1.165) is 6.04 Å². The third kappa shape index (κ3) is 3.21. The Bertz CT molecular complexity index is 241. The number of hydrogen-bond donors (Lipinski definition) is 1. The van der Waals surface area contributed by atoms with E-state index in [1.165, 1.54) is 45.3 Å². The van der Waals surface area contributed by atoms with Gasteiger partial charge in [-0.05, 0) is 51.5 Å². The van der Waals surface area contributed by atoms with Gasteiger partial charge in [0.05, 0.1) is 0 Å². The maximum Gasteiger partial charge on any atom is 0.0153 e. The molecule has 1 heterocycles. The van der Waals surface area contributed by atoms with Crippen molar-refractivity contribution in [2.24, 2.45) is 5.41 Å². The monoisotopic (exact) mass is 224 g/mol. The first-order valence-corrected chi connectivity index (χ1v) is 6.88. The van der Waals surface area contributed by atoms with E-state index < -0.39 is 0 Å². The van der Waals surface area contributed by atoms with Crippen LogP contribution in [-0.4, -0.2) is 36.1 Å². The molecule has 1 saturated heterocycles. The molecule has 0 radical (unpaired) electrons. The van der Waals surface area contributed by atoms with E-state index in [0.29, 0.717) is 11.0 Å². The SMILES string of the molecule is CC(C)(CNC1CC1)CN1CCCC1(C)C. The maximum absolute atomic E-state index is 3.67. The summed E-state index contributed by atoms with van der Waals surface area (Å²) in [5.41, 5.74) is 0.834. The summed E-state index contributed by atoms with van der Waals surface area (Å²) in [5, 5.41) is 3.67. The first-order valence-electron chi connectivity index (χ1n) is 6.88. The normalized spacial score (nSPS) is 26.2. The highest BCUT2D eigenvalue weighted by molar-refractivity contribution is 4.92. The Hall–Kier alpha value is -0.0800. The highest BCUT2D eigenvalue weighted by atomic mass is 15.2. The van der Waals surface area contributed by atoms with Gasteiger partial charge in [0.2, 0.25) is 0 Å². The van der Waals surface area contributed by atoms with Crippen LogP contribution in [0.4, 0.5) is 0 Å². The number of likely N-dealkylation sites (tertiary alicyclic amines) is 1. The van der Waals surface area contributed by atoms with Crippen LogP contribution in [0.2, 0.25) is 0 Å². The second-order valence-electron chi connectivity index (χ2n) is 7.16. The molecular weight excluding hydrogens is 196 g/mol. The van der Waals surface area contributed by atoms with E-state index >= 15 is 0 Å². The van der Waals surface area contributed by atoms with E-state index in [4.69, 9.17) is 0 Å². The summed E-state index contributed by atoms with van der Waals surface area (Å²) in [6, 6.07) is 0.839. The van der Waals surface area contributed by atoms with E-state index in [-0.39, 0.29) is 0 Å². The molecule has 1 N–H and O–H groups in total. The van der Waals surface area contributed by atoms with E-state index in [2.05, 4.69) is 37.9 Å². The Labute approximate surface area is 101 Å². The lowest BCUT2D eigenvalue weighted by molar-refractivity contribution is 0.112. The fraction of sp³-hybridized carbons (Fsp3) is 1.00. The summed E-state index contributed by atoms with van der Waals surface area (Å²) in [7, 11) is 0. The molecule has 0 spiro atoms. The Kier molecular flexibility index (Phi) is 3.33. The molecule has 2 nitrogen and oxygen atoms in total. The Morgan fingerprint density at radius 2 is 2.00 bits per heavy atom.